The molecule has 0 bridgehead atoms. The molecule has 0 aliphatic carbocycles. The molecule has 0 aromatic heterocycles. The predicted molar refractivity (Wildman–Crippen MR) is 106 cm³/mol. The quantitative estimate of drug-likeness (QED) is 0.504. The summed E-state index contributed by atoms with van der Waals surface area (Å²) < 4.78 is 0. The number of rotatable bonds is 6. The van der Waals surface area contributed by atoms with Crippen molar-refractivity contribution in [3.8, 4) is 6.07 Å². The van der Waals surface area contributed by atoms with Crippen molar-refractivity contribution in [3.05, 3.63) is 40.4 Å². The zero-order valence-electron chi connectivity index (χ0n) is 15.7. The number of benzene rings is 1. The zero-order chi connectivity index (χ0) is 20.4. The molecule has 0 unspecified atom stereocenters. The van der Waals surface area contributed by atoms with Gasteiger partial charge in [0.05, 0.1) is 5.75 Å². The highest BCUT2D eigenvalue weighted by Crippen LogP contribution is 2.31. The lowest BCUT2D eigenvalue weighted by atomic mass is 10.1. The van der Waals surface area contributed by atoms with E-state index in [4.69, 9.17) is 15.5 Å². The molecule has 1 heterocycles. The lowest BCUT2D eigenvalue weighted by Gasteiger charge is -2.13. The van der Waals surface area contributed by atoms with Crippen LogP contribution in [0.2, 0.25) is 0 Å². The Bertz CT molecular complexity index is 741. The van der Waals surface area contributed by atoms with Crippen molar-refractivity contribution < 1.29 is 19.8 Å². The van der Waals surface area contributed by atoms with E-state index in [9.17, 15) is 9.59 Å². The largest absolute Gasteiger partial charge is 0.477 e. The number of carbonyl (C=O) groups is 2. The second kappa shape index (κ2) is 11.3. The van der Waals surface area contributed by atoms with E-state index in [-0.39, 0.29) is 28.9 Å². The van der Waals surface area contributed by atoms with Gasteiger partial charge in [0.25, 0.3) is 0 Å². The monoisotopic (exact) mass is 391 g/mol. The average molecular weight is 391 g/mol. The van der Waals surface area contributed by atoms with Crippen molar-refractivity contribution >= 4 is 29.3 Å². The number of carboxylic acids is 1. The van der Waals surface area contributed by atoms with Crippen LogP contribution in [0.15, 0.2) is 34.9 Å². The highest BCUT2D eigenvalue weighted by atomic mass is 32.2. The van der Waals surface area contributed by atoms with E-state index in [1.165, 1.54) is 10.5 Å². The van der Waals surface area contributed by atoms with Gasteiger partial charge in [-0.05, 0) is 44.9 Å². The van der Waals surface area contributed by atoms with Crippen LogP contribution in [-0.2, 0) is 16.0 Å². The summed E-state index contributed by atoms with van der Waals surface area (Å²) in [6, 6.07) is 10.2. The van der Waals surface area contributed by atoms with Crippen molar-refractivity contribution in [3.63, 3.8) is 0 Å². The average Bonchev–Trinajstić information content (AvgIpc) is 2.96. The molecule has 1 aromatic rings. The first kappa shape index (κ1) is 22.5. The molecule has 27 heavy (non-hydrogen) atoms. The summed E-state index contributed by atoms with van der Waals surface area (Å²) in [6.45, 7) is 6.56. The molecule has 1 amide bonds. The summed E-state index contributed by atoms with van der Waals surface area (Å²) >= 11 is 1.10. The number of aliphatic hydroxyl groups excluding tert-OH is 1. The number of aliphatic carboxylic acids is 1. The van der Waals surface area contributed by atoms with E-state index >= 15 is 0 Å². The number of aliphatic hydroxyl groups is 1. The number of hydrogen-bond donors (Lipinski definition) is 3. The van der Waals surface area contributed by atoms with Gasteiger partial charge in [0, 0.05) is 24.9 Å². The standard InChI is InChI=1S/C11H17NO.C8H8N2O3S/c1-9(2)12-11-5-3-4-10(8-11)6-7-13;1-2-10-6(11)4-14-7(10)5(3-9)8(12)13/h3-5,8-9,12-13H,6-7H2,1-2H3;2,4H2,1H3,(H,12,13)/b;7-5-. The van der Waals surface area contributed by atoms with Gasteiger partial charge in [-0.25, -0.2) is 4.79 Å². The Morgan fingerprint density at radius 3 is 2.67 bits per heavy atom. The Balaban J connectivity index is 0.000000271. The molecule has 0 spiro atoms. The first-order chi connectivity index (χ1) is 12.8. The Kier molecular flexibility index (Phi) is 9.40. The van der Waals surface area contributed by atoms with Crippen molar-refractivity contribution in [1.29, 1.82) is 5.26 Å². The smallest absolute Gasteiger partial charge is 0.349 e. The normalized spacial score (nSPS) is 15.1. The van der Waals surface area contributed by atoms with E-state index in [1.54, 1.807) is 13.0 Å². The summed E-state index contributed by atoms with van der Waals surface area (Å²) in [6.07, 6.45) is 0.730. The van der Waals surface area contributed by atoms with Gasteiger partial charge in [0.2, 0.25) is 5.91 Å². The molecule has 1 saturated heterocycles. The second-order valence-electron chi connectivity index (χ2n) is 6.00. The Morgan fingerprint density at radius 1 is 1.44 bits per heavy atom. The van der Waals surface area contributed by atoms with E-state index in [2.05, 4.69) is 25.2 Å². The third-order valence-electron chi connectivity index (χ3n) is 3.52. The highest BCUT2D eigenvalue weighted by Gasteiger charge is 2.30. The Morgan fingerprint density at radius 2 is 2.15 bits per heavy atom. The fourth-order valence-corrected chi connectivity index (χ4v) is 3.47. The van der Waals surface area contributed by atoms with Crippen molar-refractivity contribution in [2.75, 3.05) is 24.2 Å². The number of thioether (sulfide) groups is 1. The third-order valence-corrected chi connectivity index (χ3v) is 4.61. The minimum atomic E-state index is -1.29. The zero-order valence-corrected chi connectivity index (χ0v) is 16.5. The van der Waals surface area contributed by atoms with Gasteiger partial charge in [-0.2, -0.15) is 5.26 Å². The lowest BCUT2D eigenvalue weighted by molar-refractivity contribution is -0.132. The maximum Gasteiger partial charge on any atom is 0.349 e. The first-order valence-electron chi connectivity index (χ1n) is 8.61. The number of nitriles is 1. The molecule has 0 atom stereocenters. The van der Waals surface area contributed by atoms with E-state index < -0.39 is 5.97 Å². The molecule has 3 N–H and O–H groups in total. The van der Waals surface area contributed by atoms with Crippen LogP contribution in [0.4, 0.5) is 5.69 Å². The topological polar surface area (TPSA) is 114 Å². The van der Waals surface area contributed by atoms with Gasteiger partial charge in [0.15, 0.2) is 5.57 Å². The Labute approximate surface area is 163 Å². The molecular formula is C19H25N3O4S. The van der Waals surface area contributed by atoms with Crippen LogP contribution < -0.4 is 5.32 Å². The highest BCUT2D eigenvalue weighted by molar-refractivity contribution is 8.04. The van der Waals surface area contributed by atoms with Gasteiger partial charge in [-0.15, -0.1) is 0 Å². The summed E-state index contributed by atoms with van der Waals surface area (Å²) in [5, 5.41) is 29.7. The third kappa shape index (κ3) is 6.96. The number of nitrogens with one attached hydrogen (secondary N) is 1. The summed E-state index contributed by atoms with van der Waals surface area (Å²) in [5.74, 6) is -1.23. The maximum absolute atomic E-state index is 11.2. The molecule has 146 valence electrons. The number of nitrogens with zero attached hydrogens (tertiary/aromatic N) is 2. The second-order valence-corrected chi connectivity index (χ2v) is 6.96. The molecule has 1 aliphatic rings. The van der Waals surface area contributed by atoms with Crippen LogP contribution in [0.1, 0.15) is 26.3 Å². The van der Waals surface area contributed by atoms with Crippen LogP contribution >= 0.6 is 11.8 Å². The molecule has 0 saturated carbocycles. The van der Waals surface area contributed by atoms with E-state index in [0.29, 0.717) is 12.6 Å². The molecule has 7 nitrogen and oxygen atoms in total. The number of hydrogen-bond acceptors (Lipinski definition) is 6. The molecule has 0 radical (unpaired) electrons. The predicted octanol–water partition coefficient (Wildman–Crippen LogP) is 2.44. The molecule has 2 rings (SSSR count). The minimum Gasteiger partial charge on any atom is -0.477 e. The van der Waals surface area contributed by atoms with Crippen LogP contribution in [0.5, 0.6) is 0 Å². The van der Waals surface area contributed by atoms with E-state index in [1.807, 2.05) is 18.2 Å². The fraction of sp³-hybridized carbons (Fsp3) is 0.421. The molecule has 8 heteroatoms. The van der Waals surface area contributed by atoms with E-state index in [0.717, 1.165) is 23.9 Å². The number of anilines is 1. The maximum atomic E-state index is 11.2. The van der Waals surface area contributed by atoms with Crippen molar-refractivity contribution in [2.45, 2.75) is 33.2 Å². The first-order valence-corrected chi connectivity index (χ1v) is 9.59. The number of carbonyl (C=O) groups excluding carboxylic acids is 1. The van der Waals surface area contributed by atoms with Crippen LogP contribution in [0, 0.1) is 11.3 Å². The number of amides is 1. The van der Waals surface area contributed by atoms with Crippen LogP contribution in [-0.4, -0.2) is 51.9 Å². The SMILES string of the molecule is CC(C)Nc1cccc(CCO)c1.CCN1C(=O)CS/C1=C(/C#N)C(=O)O. The fourth-order valence-electron chi connectivity index (χ4n) is 2.39. The lowest BCUT2D eigenvalue weighted by Crippen LogP contribution is -2.25. The van der Waals surface area contributed by atoms with Crippen molar-refractivity contribution in [2.24, 2.45) is 0 Å². The van der Waals surface area contributed by atoms with Gasteiger partial charge < -0.3 is 20.4 Å². The summed E-state index contributed by atoms with van der Waals surface area (Å²) in [7, 11) is 0. The summed E-state index contributed by atoms with van der Waals surface area (Å²) in [5.41, 5.74) is 1.94. The minimum absolute atomic E-state index is 0.151. The van der Waals surface area contributed by atoms with Crippen molar-refractivity contribution in [1.82, 2.24) is 4.90 Å². The van der Waals surface area contributed by atoms with Gasteiger partial charge in [-0.1, -0.05) is 23.9 Å². The van der Waals surface area contributed by atoms with Gasteiger partial charge >= 0.3 is 5.97 Å². The molecular weight excluding hydrogens is 366 g/mol. The molecule has 1 aromatic carbocycles. The number of carboxylic acid groups (broad SMARTS) is 1. The summed E-state index contributed by atoms with van der Waals surface area (Å²) in [4.78, 5) is 23.2. The Hall–Kier alpha value is -2.50. The molecule has 1 aliphatic heterocycles. The van der Waals surface area contributed by atoms with Crippen LogP contribution in [0.3, 0.4) is 0 Å². The molecule has 1 fully saturated rings. The van der Waals surface area contributed by atoms with Crippen LogP contribution in [0.25, 0.3) is 0 Å². The van der Waals surface area contributed by atoms with Gasteiger partial charge in [-0.3, -0.25) is 4.79 Å². The van der Waals surface area contributed by atoms with Gasteiger partial charge in [0.1, 0.15) is 11.1 Å².